The van der Waals surface area contributed by atoms with Crippen LogP contribution in [0.25, 0.3) is 0 Å². The van der Waals surface area contributed by atoms with Crippen molar-refractivity contribution in [2.75, 3.05) is 0 Å². The molecule has 0 nitrogen and oxygen atoms in total. The van der Waals surface area contributed by atoms with E-state index in [2.05, 4.69) is 38.0 Å². The predicted molar refractivity (Wildman–Crippen MR) is 33.8 cm³/mol. The fraction of sp³-hybridized carbons (Fsp3) is 0. The Balaban J connectivity index is -0.0000000200. The van der Waals surface area contributed by atoms with Gasteiger partial charge < -0.3 is 0 Å². The zero-order chi connectivity index (χ0) is 2.71. The normalized spacial score (nSPS) is 4.40. The van der Waals surface area contributed by atoms with Crippen LogP contribution < -0.4 is 0 Å². The molecule has 0 spiro atoms. The Kier molecular flexibility index (Phi) is 51.6. The maximum absolute atomic E-state index is 2.31. The first-order valence-corrected chi connectivity index (χ1v) is 9.05. The van der Waals surface area contributed by atoms with Crippen LogP contribution in [0.5, 0.6) is 0 Å². The van der Waals surface area contributed by atoms with Crippen molar-refractivity contribution in [1.82, 2.24) is 0 Å². The molecular formula is Ag2I2K. The molecule has 0 aromatic rings. The van der Waals surface area contributed by atoms with Crippen molar-refractivity contribution in [3.05, 3.63) is 0 Å². The molecule has 0 aliphatic carbocycles. The van der Waals surface area contributed by atoms with Gasteiger partial charge in [-0.2, -0.15) is 0 Å². The molecule has 0 rings (SSSR count). The summed E-state index contributed by atoms with van der Waals surface area (Å²) in [6, 6.07) is 0. The number of hydrogen-bond donors (Lipinski definition) is 0. The average Bonchev–Trinajstić information content (AvgIpc) is 0.918. The van der Waals surface area contributed by atoms with E-state index in [0.717, 1.165) is 12.1 Å². The fourth-order valence-electron chi connectivity index (χ4n) is 0. The van der Waals surface area contributed by atoms with E-state index in [1.807, 2.05) is 0 Å². The minimum absolute atomic E-state index is 0. The standard InChI is InChI=1S/2Ag.2HI.K/h;;2*1H;/q;+2;;;/p-2. The van der Waals surface area contributed by atoms with Gasteiger partial charge in [0.15, 0.2) is 0 Å². The van der Waals surface area contributed by atoms with E-state index in [9.17, 15) is 0 Å². The van der Waals surface area contributed by atoms with E-state index >= 15 is 0 Å². The van der Waals surface area contributed by atoms with Crippen LogP contribution in [0.2, 0.25) is 0 Å². The van der Waals surface area contributed by atoms with Crippen LogP contribution in [0.1, 0.15) is 0 Å². The molecule has 0 unspecified atom stereocenters. The molecule has 5 heavy (non-hydrogen) atoms. The van der Waals surface area contributed by atoms with Crippen LogP contribution in [0.15, 0.2) is 0 Å². The van der Waals surface area contributed by atoms with Gasteiger partial charge >= 0.3 is 50.2 Å². The Bertz CT molecular complexity index is 7.61. The molecular weight excluding hydrogens is 509 g/mol. The average molecular weight is 509 g/mol. The topological polar surface area (TPSA) is 0 Å². The van der Waals surface area contributed by atoms with E-state index in [1.54, 1.807) is 0 Å². The van der Waals surface area contributed by atoms with Crippen molar-refractivity contribution >= 4 is 89.4 Å². The Morgan fingerprint density at radius 3 is 1.20 bits per heavy atom. The summed E-state index contributed by atoms with van der Waals surface area (Å²) in [5.74, 6) is 0. The maximum Gasteiger partial charge on any atom is 0 e. The number of halogens is 2. The summed E-state index contributed by atoms with van der Waals surface area (Å²) in [4.78, 5) is 0. The van der Waals surface area contributed by atoms with Gasteiger partial charge in [0.05, 0.1) is 0 Å². The van der Waals surface area contributed by atoms with E-state index in [0.29, 0.717) is 0 Å². The zero-order valence-electron chi connectivity index (χ0n) is 2.36. The van der Waals surface area contributed by atoms with Crippen LogP contribution in [0.3, 0.4) is 0 Å². The molecule has 37 valence electrons. The summed E-state index contributed by atoms with van der Waals surface area (Å²) in [5.41, 5.74) is 0. The molecule has 0 aromatic heterocycles. The smallest absolute Gasteiger partial charge is 0 e. The molecule has 0 fully saturated rings. The maximum atomic E-state index is 2.31. The summed E-state index contributed by atoms with van der Waals surface area (Å²) in [6.45, 7) is 0. The Morgan fingerprint density at radius 1 is 1.20 bits per heavy atom. The first-order chi connectivity index (χ1) is 1.41. The van der Waals surface area contributed by atoms with Crippen molar-refractivity contribution in [2.24, 2.45) is 0 Å². The van der Waals surface area contributed by atoms with Crippen molar-refractivity contribution in [2.45, 2.75) is 0 Å². The summed E-state index contributed by atoms with van der Waals surface area (Å²) in [7, 11) is 0. The molecule has 0 saturated heterocycles. The molecule has 0 N–H and O–H groups in total. The summed E-state index contributed by atoms with van der Waals surface area (Å²) >= 11 is 5.62. The third-order valence-corrected chi connectivity index (χ3v) is 0. The van der Waals surface area contributed by atoms with Gasteiger partial charge in [-0.15, -0.1) is 0 Å². The second-order valence-electron chi connectivity index (χ2n) is 0.0431. The van der Waals surface area contributed by atoms with Gasteiger partial charge in [-0.1, -0.05) is 0 Å². The van der Waals surface area contributed by atoms with Gasteiger partial charge in [-0.3, -0.25) is 0 Å². The third-order valence-electron chi connectivity index (χ3n) is 0. The summed E-state index contributed by atoms with van der Waals surface area (Å²) in [5, 5.41) is 0. The Labute approximate surface area is 120 Å². The van der Waals surface area contributed by atoms with E-state index in [1.165, 1.54) is 0 Å². The summed E-state index contributed by atoms with van der Waals surface area (Å²) in [6.07, 6.45) is 0. The quantitative estimate of drug-likeness (QED) is 0.343. The van der Waals surface area contributed by atoms with Gasteiger partial charge in [-0.25, -0.2) is 0 Å². The Morgan fingerprint density at radius 2 is 1.20 bits per heavy atom. The molecule has 0 saturated carbocycles. The van der Waals surface area contributed by atoms with Crippen LogP contribution >= 0.6 is 38.0 Å². The second kappa shape index (κ2) is 15.8. The van der Waals surface area contributed by atoms with Gasteiger partial charge in [0.1, 0.15) is 0 Å². The van der Waals surface area contributed by atoms with Crippen LogP contribution in [-0.2, 0) is 34.5 Å². The van der Waals surface area contributed by atoms with E-state index in [4.69, 9.17) is 0 Å². The molecule has 0 aliphatic rings. The number of rotatable bonds is 0. The van der Waals surface area contributed by atoms with Crippen molar-refractivity contribution in [3.8, 4) is 0 Å². The molecule has 0 aromatic carbocycles. The molecule has 0 aliphatic heterocycles. The van der Waals surface area contributed by atoms with Gasteiger partial charge in [0.25, 0.3) is 0 Å². The van der Waals surface area contributed by atoms with Crippen LogP contribution in [-0.4, -0.2) is 51.4 Å². The second-order valence-corrected chi connectivity index (χ2v) is 11.5. The first-order valence-electron chi connectivity index (χ1n) is 0.228. The monoisotopic (exact) mass is 507 g/mol. The van der Waals surface area contributed by atoms with Crippen molar-refractivity contribution < 1.29 is 34.5 Å². The SMILES string of the molecule is [Ag].[I][Ag][I].[K]. The Hall–Kier alpha value is 4.58. The van der Waals surface area contributed by atoms with E-state index < -0.39 is 0 Å². The van der Waals surface area contributed by atoms with E-state index in [-0.39, 0.29) is 73.8 Å². The minimum atomic E-state index is 0. The predicted octanol–water partition coefficient (Wildman–Crippen LogP) is 1.39. The van der Waals surface area contributed by atoms with Crippen molar-refractivity contribution in [1.29, 1.82) is 0 Å². The zero-order valence-corrected chi connectivity index (χ0v) is 12.8. The molecule has 0 amide bonds. The fourth-order valence-corrected chi connectivity index (χ4v) is 0. The van der Waals surface area contributed by atoms with Gasteiger partial charge in [0, 0.05) is 73.8 Å². The van der Waals surface area contributed by atoms with Gasteiger partial charge in [0.2, 0.25) is 0 Å². The molecule has 0 heterocycles. The largest absolute Gasteiger partial charge is 0 e. The molecule has 0 bridgehead atoms. The van der Waals surface area contributed by atoms with Gasteiger partial charge in [-0.05, 0) is 0 Å². The van der Waals surface area contributed by atoms with Crippen LogP contribution in [0, 0.1) is 0 Å². The molecule has 0 atom stereocenters. The third kappa shape index (κ3) is 17.7. The van der Waals surface area contributed by atoms with Crippen molar-refractivity contribution in [3.63, 3.8) is 0 Å². The molecule has 2 radical (unpaired) electrons. The minimum Gasteiger partial charge on any atom is 0 e. The first kappa shape index (κ1) is 16.3. The number of hydrogen-bond acceptors (Lipinski definition) is 0. The molecule has 5 heteroatoms. The summed E-state index contributed by atoms with van der Waals surface area (Å²) < 4.78 is 0. The van der Waals surface area contributed by atoms with Crippen LogP contribution in [0.4, 0.5) is 0 Å².